The first-order chi connectivity index (χ1) is 10.2. The standard InChI is InChI=1S/C16H16N2O3/c19-15-6-5-12-10-17(7-8-18(12)15)16(20)14-9-11-3-1-2-4-13(11)21-14/h1-4,9,12H,5-8,10H2. The summed E-state index contributed by atoms with van der Waals surface area (Å²) in [5.41, 5.74) is 0.732. The highest BCUT2D eigenvalue weighted by Gasteiger charge is 2.37. The number of para-hydroxylation sites is 1. The molecule has 1 aromatic heterocycles. The Morgan fingerprint density at radius 1 is 1.24 bits per heavy atom. The fourth-order valence-electron chi connectivity index (χ4n) is 3.29. The molecular formula is C16H16N2O3. The molecule has 0 bridgehead atoms. The number of benzene rings is 1. The van der Waals surface area contributed by atoms with Gasteiger partial charge in [-0.15, -0.1) is 0 Å². The number of hydrogen-bond donors (Lipinski definition) is 0. The van der Waals surface area contributed by atoms with E-state index in [2.05, 4.69) is 0 Å². The van der Waals surface area contributed by atoms with E-state index in [4.69, 9.17) is 4.42 Å². The monoisotopic (exact) mass is 284 g/mol. The van der Waals surface area contributed by atoms with Crippen LogP contribution in [0, 0.1) is 0 Å². The topological polar surface area (TPSA) is 53.8 Å². The summed E-state index contributed by atoms with van der Waals surface area (Å²) in [5, 5.41) is 0.940. The molecule has 2 amide bonds. The summed E-state index contributed by atoms with van der Waals surface area (Å²) in [4.78, 5) is 28.0. The van der Waals surface area contributed by atoms with Crippen LogP contribution in [0.1, 0.15) is 23.4 Å². The van der Waals surface area contributed by atoms with E-state index >= 15 is 0 Å². The Hall–Kier alpha value is -2.30. The van der Waals surface area contributed by atoms with Crippen LogP contribution in [0.25, 0.3) is 11.0 Å². The average molecular weight is 284 g/mol. The Morgan fingerprint density at radius 3 is 2.95 bits per heavy atom. The van der Waals surface area contributed by atoms with Crippen LogP contribution in [-0.4, -0.2) is 47.3 Å². The van der Waals surface area contributed by atoms with Crippen molar-refractivity contribution in [2.75, 3.05) is 19.6 Å². The smallest absolute Gasteiger partial charge is 0.289 e. The molecule has 0 saturated carbocycles. The molecule has 108 valence electrons. The number of amides is 2. The Labute approximate surface area is 122 Å². The highest BCUT2D eigenvalue weighted by Crippen LogP contribution is 2.25. The molecule has 0 spiro atoms. The van der Waals surface area contributed by atoms with Crippen LogP contribution in [0.2, 0.25) is 0 Å². The van der Waals surface area contributed by atoms with E-state index in [0.717, 1.165) is 17.4 Å². The average Bonchev–Trinajstić information content (AvgIpc) is 3.10. The lowest BCUT2D eigenvalue weighted by atomic mass is 10.1. The molecule has 1 unspecified atom stereocenters. The van der Waals surface area contributed by atoms with Crippen molar-refractivity contribution in [2.45, 2.75) is 18.9 Å². The molecular weight excluding hydrogens is 268 g/mol. The first kappa shape index (κ1) is 12.4. The van der Waals surface area contributed by atoms with Crippen LogP contribution in [0.5, 0.6) is 0 Å². The van der Waals surface area contributed by atoms with E-state index in [-0.39, 0.29) is 17.9 Å². The van der Waals surface area contributed by atoms with Gasteiger partial charge in [-0.05, 0) is 18.6 Å². The zero-order valence-electron chi connectivity index (χ0n) is 11.6. The fraction of sp³-hybridized carbons (Fsp3) is 0.375. The molecule has 0 aliphatic carbocycles. The van der Waals surface area contributed by atoms with Gasteiger partial charge in [-0.2, -0.15) is 0 Å². The Kier molecular flexibility index (Phi) is 2.74. The number of furan rings is 1. The zero-order valence-corrected chi connectivity index (χ0v) is 11.6. The number of carbonyl (C=O) groups excluding carboxylic acids is 2. The SMILES string of the molecule is O=C(c1cc2ccccc2o1)N1CCN2C(=O)CCC2C1. The second-order valence-electron chi connectivity index (χ2n) is 5.68. The first-order valence-electron chi connectivity index (χ1n) is 7.30. The van der Waals surface area contributed by atoms with Gasteiger partial charge in [-0.3, -0.25) is 9.59 Å². The van der Waals surface area contributed by atoms with Crippen molar-refractivity contribution in [3.8, 4) is 0 Å². The van der Waals surface area contributed by atoms with E-state index in [9.17, 15) is 9.59 Å². The minimum Gasteiger partial charge on any atom is -0.451 e. The fourth-order valence-corrected chi connectivity index (χ4v) is 3.29. The van der Waals surface area contributed by atoms with Crippen molar-refractivity contribution < 1.29 is 14.0 Å². The van der Waals surface area contributed by atoms with Crippen LogP contribution in [0.3, 0.4) is 0 Å². The van der Waals surface area contributed by atoms with E-state index in [1.54, 1.807) is 11.0 Å². The van der Waals surface area contributed by atoms with E-state index < -0.39 is 0 Å². The highest BCUT2D eigenvalue weighted by atomic mass is 16.3. The van der Waals surface area contributed by atoms with Gasteiger partial charge in [-0.25, -0.2) is 0 Å². The van der Waals surface area contributed by atoms with E-state index in [0.29, 0.717) is 31.8 Å². The number of rotatable bonds is 1. The van der Waals surface area contributed by atoms with Crippen molar-refractivity contribution in [3.63, 3.8) is 0 Å². The predicted molar refractivity (Wildman–Crippen MR) is 76.9 cm³/mol. The van der Waals surface area contributed by atoms with E-state index in [1.807, 2.05) is 29.2 Å². The zero-order chi connectivity index (χ0) is 14.4. The van der Waals surface area contributed by atoms with Gasteiger partial charge in [0.2, 0.25) is 5.91 Å². The Morgan fingerprint density at radius 2 is 2.10 bits per heavy atom. The normalized spacial score (nSPS) is 21.9. The molecule has 2 aliphatic rings. The minimum atomic E-state index is -0.0785. The Bertz CT molecular complexity index is 688. The molecule has 3 heterocycles. The van der Waals surface area contributed by atoms with Gasteiger partial charge in [0.05, 0.1) is 0 Å². The molecule has 4 rings (SSSR count). The third kappa shape index (κ3) is 2.00. The summed E-state index contributed by atoms with van der Waals surface area (Å²) < 4.78 is 5.64. The van der Waals surface area contributed by atoms with Crippen molar-refractivity contribution in [1.82, 2.24) is 9.80 Å². The van der Waals surface area contributed by atoms with E-state index in [1.165, 1.54) is 0 Å². The molecule has 2 fully saturated rings. The van der Waals surface area contributed by atoms with Crippen molar-refractivity contribution in [1.29, 1.82) is 0 Å². The van der Waals surface area contributed by atoms with Crippen LogP contribution in [-0.2, 0) is 4.79 Å². The molecule has 1 aromatic carbocycles. The molecule has 2 aromatic rings. The predicted octanol–water partition coefficient (Wildman–Crippen LogP) is 1.88. The number of nitrogens with zero attached hydrogens (tertiary/aromatic N) is 2. The van der Waals surface area contributed by atoms with Gasteiger partial charge in [0, 0.05) is 37.5 Å². The number of hydrogen-bond acceptors (Lipinski definition) is 3. The van der Waals surface area contributed by atoms with Crippen molar-refractivity contribution in [2.24, 2.45) is 0 Å². The van der Waals surface area contributed by atoms with Crippen LogP contribution in [0.4, 0.5) is 0 Å². The quantitative estimate of drug-likeness (QED) is 0.803. The molecule has 5 heteroatoms. The second-order valence-corrected chi connectivity index (χ2v) is 5.68. The molecule has 21 heavy (non-hydrogen) atoms. The van der Waals surface area contributed by atoms with Gasteiger partial charge >= 0.3 is 0 Å². The lowest BCUT2D eigenvalue weighted by molar-refractivity contribution is -0.130. The van der Waals surface area contributed by atoms with Gasteiger partial charge in [0.15, 0.2) is 5.76 Å². The van der Waals surface area contributed by atoms with Crippen molar-refractivity contribution in [3.05, 3.63) is 36.1 Å². The third-order valence-electron chi connectivity index (χ3n) is 4.42. The van der Waals surface area contributed by atoms with Gasteiger partial charge in [-0.1, -0.05) is 18.2 Å². The molecule has 2 saturated heterocycles. The molecule has 0 N–H and O–H groups in total. The summed E-state index contributed by atoms with van der Waals surface area (Å²) >= 11 is 0. The molecule has 0 radical (unpaired) electrons. The second kappa shape index (κ2) is 4.62. The molecule has 2 aliphatic heterocycles. The summed E-state index contributed by atoms with van der Waals surface area (Å²) in [7, 11) is 0. The maximum Gasteiger partial charge on any atom is 0.289 e. The number of fused-ring (bicyclic) bond motifs is 2. The lowest BCUT2D eigenvalue weighted by Gasteiger charge is -2.37. The maximum atomic E-state index is 12.6. The maximum absolute atomic E-state index is 12.6. The minimum absolute atomic E-state index is 0.0785. The summed E-state index contributed by atoms with van der Waals surface area (Å²) in [6, 6.07) is 9.59. The summed E-state index contributed by atoms with van der Waals surface area (Å²) in [5.74, 6) is 0.523. The van der Waals surface area contributed by atoms with Crippen LogP contribution < -0.4 is 0 Å². The molecule has 1 atom stereocenters. The first-order valence-corrected chi connectivity index (χ1v) is 7.30. The lowest BCUT2D eigenvalue weighted by Crippen LogP contribution is -2.53. The molecule has 5 nitrogen and oxygen atoms in total. The van der Waals surface area contributed by atoms with Gasteiger partial charge < -0.3 is 14.2 Å². The van der Waals surface area contributed by atoms with Gasteiger partial charge in [0.25, 0.3) is 5.91 Å². The Balaban J connectivity index is 1.56. The third-order valence-corrected chi connectivity index (χ3v) is 4.42. The van der Waals surface area contributed by atoms with Crippen molar-refractivity contribution >= 4 is 22.8 Å². The summed E-state index contributed by atoms with van der Waals surface area (Å²) in [6.45, 7) is 1.83. The van der Waals surface area contributed by atoms with Crippen LogP contribution >= 0.6 is 0 Å². The largest absolute Gasteiger partial charge is 0.451 e. The van der Waals surface area contributed by atoms with Crippen LogP contribution in [0.15, 0.2) is 34.7 Å². The number of carbonyl (C=O) groups is 2. The summed E-state index contributed by atoms with van der Waals surface area (Å²) in [6.07, 6.45) is 1.46. The number of piperazine rings is 1. The highest BCUT2D eigenvalue weighted by molar-refractivity contribution is 5.96. The van der Waals surface area contributed by atoms with Gasteiger partial charge in [0.1, 0.15) is 5.58 Å².